The third-order valence-electron chi connectivity index (χ3n) is 6.95. The summed E-state index contributed by atoms with van der Waals surface area (Å²) in [4.78, 5) is 40.0. The van der Waals surface area contributed by atoms with Crippen LogP contribution in [0, 0.1) is 5.92 Å². The number of aromatic nitrogens is 2. The third kappa shape index (κ3) is 5.56. The highest BCUT2D eigenvalue weighted by Crippen LogP contribution is 2.38. The Morgan fingerprint density at radius 2 is 2.03 bits per heavy atom. The summed E-state index contributed by atoms with van der Waals surface area (Å²) in [5, 5.41) is 15.4. The van der Waals surface area contributed by atoms with E-state index in [2.05, 4.69) is 27.0 Å². The first-order valence-corrected chi connectivity index (χ1v) is 14.2. The fourth-order valence-corrected chi connectivity index (χ4v) is 6.99. The molecule has 0 radical (unpaired) electrons. The van der Waals surface area contributed by atoms with E-state index in [1.807, 2.05) is 11.4 Å². The van der Waals surface area contributed by atoms with Gasteiger partial charge in [-0.3, -0.25) is 9.69 Å². The summed E-state index contributed by atoms with van der Waals surface area (Å²) in [6.07, 6.45) is 5.19. The number of anilines is 2. The van der Waals surface area contributed by atoms with Gasteiger partial charge in [0, 0.05) is 48.0 Å². The number of piperidine rings is 1. The number of carboxylic acids is 1. The van der Waals surface area contributed by atoms with Crippen LogP contribution in [0.15, 0.2) is 29.8 Å². The van der Waals surface area contributed by atoms with Gasteiger partial charge in [-0.25, -0.2) is 14.8 Å². The van der Waals surface area contributed by atoms with Gasteiger partial charge in [0.25, 0.3) is 0 Å². The molecule has 2 aliphatic rings. The molecule has 2 aliphatic heterocycles. The molecule has 8 nitrogen and oxygen atoms in total. The number of nitrogens with zero attached hydrogens (tertiary/aromatic N) is 4. The molecule has 11 heteroatoms. The lowest BCUT2D eigenvalue weighted by molar-refractivity contribution is -0.120. The van der Waals surface area contributed by atoms with Crippen LogP contribution in [0.2, 0.25) is 5.02 Å². The highest BCUT2D eigenvalue weighted by molar-refractivity contribution is 7.17. The van der Waals surface area contributed by atoms with Crippen LogP contribution in [-0.2, 0) is 11.3 Å². The van der Waals surface area contributed by atoms with Crippen LogP contribution in [0.5, 0.6) is 0 Å². The lowest BCUT2D eigenvalue weighted by atomic mass is 9.96. The van der Waals surface area contributed by atoms with E-state index in [4.69, 9.17) is 21.7 Å². The van der Waals surface area contributed by atoms with Crippen molar-refractivity contribution < 1.29 is 14.7 Å². The predicted molar refractivity (Wildman–Crippen MR) is 144 cm³/mol. The zero-order valence-electron chi connectivity index (χ0n) is 19.9. The molecule has 2 saturated heterocycles. The topological polar surface area (TPSA) is 98.7 Å². The maximum absolute atomic E-state index is 13.1. The molecular weight excluding hydrogens is 518 g/mol. The van der Waals surface area contributed by atoms with Gasteiger partial charge in [-0.15, -0.1) is 11.3 Å². The van der Waals surface area contributed by atoms with Gasteiger partial charge in [-0.05, 0) is 57.4 Å². The molecule has 0 aliphatic carbocycles. The van der Waals surface area contributed by atoms with E-state index < -0.39 is 5.97 Å². The summed E-state index contributed by atoms with van der Waals surface area (Å²) in [7, 11) is 0. The van der Waals surface area contributed by atoms with Crippen molar-refractivity contribution in [2.45, 2.75) is 45.2 Å². The van der Waals surface area contributed by atoms with Crippen LogP contribution >= 0.6 is 34.3 Å². The molecule has 0 bridgehead atoms. The maximum Gasteiger partial charge on any atom is 0.337 e. The van der Waals surface area contributed by atoms with Gasteiger partial charge >= 0.3 is 5.97 Å². The van der Waals surface area contributed by atoms with Crippen molar-refractivity contribution in [1.82, 2.24) is 14.9 Å². The minimum atomic E-state index is -0.991. The molecule has 0 spiro atoms. The fraction of sp³-hybridized carbons (Fsp3) is 0.440. The van der Waals surface area contributed by atoms with Gasteiger partial charge in [-0.1, -0.05) is 22.9 Å². The molecule has 5 rings (SSSR count). The number of aromatic carboxylic acids is 1. The molecular formula is C25H28ClN5O3S2. The van der Waals surface area contributed by atoms with Crippen molar-refractivity contribution in [3.05, 3.63) is 45.2 Å². The molecule has 0 unspecified atom stereocenters. The molecule has 3 aromatic heterocycles. The first-order chi connectivity index (χ1) is 17.4. The molecule has 0 aromatic carbocycles. The van der Waals surface area contributed by atoms with Crippen LogP contribution in [0.1, 0.15) is 47.8 Å². The molecule has 2 fully saturated rings. The lowest BCUT2D eigenvalue weighted by Gasteiger charge is -2.32. The summed E-state index contributed by atoms with van der Waals surface area (Å²) in [5.74, 6) is -0.367. The first-order valence-electron chi connectivity index (χ1n) is 12.1. The van der Waals surface area contributed by atoms with Crippen molar-refractivity contribution >= 4 is 57.1 Å². The number of nitrogens with one attached hydrogen (secondary N) is 1. The number of carbonyl (C=O) groups excluding carboxylic acids is 1. The Balaban J connectivity index is 1.24. The van der Waals surface area contributed by atoms with Gasteiger partial charge in [0.15, 0.2) is 5.13 Å². The number of rotatable bonds is 7. The average Bonchev–Trinajstić information content (AvgIpc) is 3.60. The Bertz CT molecular complexity index is 1240. The van der Waals surface area contributed by atoms with Crippen molar-refractivity contribution in [1.29, 1.82) is 0 Å². The second kappa shape index (κ2) is 10.8. The zero-order valence-corrected chi connectivity index (χ0v) is 22.3. The second-order valence-electron chi connectivity index (χ2n) is 9.34. The van der Waals surface area contributed by atoms with E-state index in [1.165, 1.54) is 19.0 Å². The van der Waals surface area contributed by atoms with Crippen molar-refractivity contribution in [3.63, 3.8) is 0 Å². The monoisotopic (exact) mass is 545 g/mol. The van der Waals surface area contributed by atoms with Crippen LogP contribution in [-0.4, -0.2) is 57.5 Å². The number of amides is 1. The van der Waals surface area contributed by atoms with Gasteiger partial charge in [0.2, 0.25) is 5.91 Å². The molecule has 190 valence electrons. The standard InChI is InChI=1S/C25H28ClN5O3S2/c1-15-3-2-8-31(15)13-20-22(19-11-18(26)14-35-19)28-25(36-20)29-23(32)16-6-9-30(10-7-16)21-5-4-17(12-27-21)24(33)34/h4-5,11-12,14-16H,2-3,6-10,13H2,1H3,(H,33,34)(H,28,29,32)/t15-/m1/s1. The molecule has 0 saturated carbocycles. The minimum Gasteiger partial charge on any atom is -0.478 e. The summed E-state index contributed by atoms with van der Waals surface area (Å²) in [6, 6.07) is 5.77. The van der Waals surface area contributed by atoms with Gasteiger partial charge < -0.3 is 15.3 Å². The second-order valence-corrected chi connectivity index (χ2v) is 11.8. The number of halogens is 1. The van der Waals surface area contributed by atoms with E-state index in [-0.39, 0.29) is 17.4 Å². The molecule has 2 N–H and O–H groups in total. The Hall–Kier alpha value is -2.53. The predicted octanol–water partition coefficient (Wildman–Crippen LogP) is 5.46. The SMILES string of the molecule is C[C@@H]1CCCN1Cc1sc(NC(=O)C2CCN(c3ccc(C(=O)O)cn3)CC2)nc1-c1cc(Cl)cs1. The third-order valence-corrected chi connectivity index (χ3v) is 9.19. The summed E-state index contributed by atoms with van der Waals surface area (Å²) in [6.45, 7) is 5.54. The van der Waals surface area contributed by atoms with E-state index >= 15 is 0 Å². The van der Waals surface area contributed by atoms with E-state index in [1.54, 1.807) is 34.8 Å². The molecule has 36 heavy (non-hydrogen) atoms. The molecule has 1 amide bonds. The number of hydrogen-bond acceptors (Lipinski definition) is 8. The smallest absolute Gasteiger partial charge is 0.337 e. The maximum atomic E-state index is 13.1. The Morgan fingerprint density at radius 3 is 2.64 bits per heavy atom. The molecule has 1 atom stereocenters. The fourth-order valence-electron chi connectivity index (χ4n) is 4.83. The summed E-state index contributed by atoms with van der Waals surface area (Å²) >= 11 is 9.33. The van der Waals surface area contributed by atoms with Crippen LogP contribution in [0.3, 0.4) is 0 Å². The Labute approximate surface area is 222 Å². The largest absolute Gasteiger partial charge is 0.478 e. The van der Waals surface area contributed by atoms with Crippen LogP contribution in [0.4, 0.5) is 10.9 Å². The number of likely N-dealkylation sites (tertiary alicyclic amines) is 1. The molecule has 5 heterocycles. The summed E-state index contributed by atoms with van der Waals surface area (Å²) < 4.78 is 0. The number of thiazole rings is 1. The zero-order chi connectivity index (χ0) is 25.2. The first kappa shape index (κ1) is 25.1. The Morgan fingerprint density at radius 1 is 1.22 bits per heavy atom. The van der Waals surface area contributed by atoms with Gasteiger partial charge in [0.1, 0.15) is 5.82 Å². The van der Waals surface area contributed by atoms with Gasteiger partial charge in [0.05, 0.1) is 21.2 Å². The minimum absolute atomic E-state index is 0.00515. The average molecular weight is 546 g/mol. The van der Waals surface area contributed by atoms with Crippen molar-refractivity contribution in [2.24, 2.45) is 5.92 Å². The Kier molecular flexibility index (Phi) is 7.57. The van der Waals surface area contributed by atoms with Crippen molar-refractivity contribution in [3.8, 4) is 10.6 Å². The number of carboxylic acid groups (broad SMARTS) is 1. The van der Waals surface area contributed by atoms with Gasteiger partial charge in [-0.2, -0.15) is 0 Å². The number of hydrogen-bond donors (Lipinski definition) is 2. The van der Waals surface area contributed by atoms with E-state index in [9.17, 15) is 9.59 Å². The van der Waals surface area contributed by atoms with E-state index in [0.717, 1.165) is 34.4 Å². The summed E-state index contributed by atoms with van der Waals surface area (Å²) in [5.41, 5.74) is 1.08. The number of pyridine rings is 1. The number of carbonyl (C=O) groups is 2. The normalized spacial score (nSPS) is 19.1. The van der Waals surface area contributed by atoms with E-state index in [0.29, 0.717) is 42.1 Å². The van der Waals surface area contributed by atoms with Crippen LogP contribution < -0.4 is 10.2 Å². The highest BCUT2D eigenvalue weighted by atomic mass is 35.5. The quantitative estimate of drug-likeness (QED) is 0.407. The van der Waals surface area contributed by atoms with Crippen LogP contribution in [0.25, 0.3) is 10.6 Å². The van der Waals surface area contributed by atoms with Crippen molar-refractivity contribution in [2.75, 3.05) is 29.9 Å². The molecule has 3 aromatic rings. The number of thiophene rings is 1. The highest BCUT2D eigenvalue weighted by Gasteiger charge is 2.28. The lowest BCUT2D eigenvalue weighted by Crippen LogP contribution is -2.38.